The van der Waals surface area contributed by atoms with E-state index in [9.17, 15) is 0 Å². The number of halogens is 2. The first-order chi connectivity index (χ1) is 6.22. The summed E-state index contributed by atoms with van der Waals surface area (Å²) < 4.78 is 7.37. The highest BCUT2D eigenvalue weighted by atomic mass is 79.9. The molecule has 2 nitrogen and oxygen atoms in total. The number of nitrogens with one attached hydrogen (secondary N) is 1. The molecular formula is C9H11Br2NO. The third-order valence-electron chi connectivity index (χ3n) is 2.42. The fourth-order valence-corrected chi connectivity index (χ4v) is 2.24. The molecule has 13 heavy (non-hydrogen) atoms. The molecule has 1 aliphatic carbocycles. The maximum atomic E-state index is 5.56. The summed E-state index contributed by atoms with van der Waals surface area (Å²) in [6.45, 7) is 1.08. The van der Waals surface area contributed by atoms with Crippen LogP contribution < -0.4 is 5.32 Å². The molecule has 72 valence electrons. The van der Waals surface area contributed by atoms with Crippen LogP contribution in [-0.2, 0) is 0 Å². The zero-order chi connectivity index (χ0) is 9.42. The lowest BCUT2D eigenvalue weighted by Gasteiger charge is -1.94. The predicted octanol–water partition coefficient (Wildman–Crippen LogP) is 3.13. The topological polar surface area (TPSA) is 25.2 Å². The predicted molar refractivity (Wildman–Crippen MR) is 58.9 cm³/mol. The molecule has 2 atom stereocenters. The molecule has 1 aliphatic rings. The Bertz CT molecular complexity index is 291. The van der Waals surface area contributed by atoms with Crippen molar-refractivity contribution in [1.29, 1.82) is 0 Å². The highest BCUT2D eigenvalue weighted by Gasteiger charge is 2.40. The second-order valence-electron chi connectivity index (χ2n) is 3.43. The first kappa shape index (κ1) is 9.74. The maximum absolute atomic E-state index is 5.56. The number of rotatable bonds is 3. The lowest BCUT2D eigenvalue weighted by molar-refractivity contribution is 0.479. The van der Waals surface area contributed by atoms with E-state index in [-0.39, 0.29) is 0 Å². The zero-order valence-electron chi connectivity index (χ0n) is 7.31. The molecule has 0 spiro atoms. The van der Waals surface area contributed by atoms with Gasteiger partial charge in [0.05, 0.1) is 4.47 Å². The van der Waals surface area contributed by atoms with E-state index >= 15 is 0 Å². The standard InChI is InChI=1S/C9H11Br2NO/c1-12-4-5-2-6(5)8-3-7(10)9(11)13-8/h3,5-6,12H,2,4H2,1H3. The minimum Gasteiger partial charge on any atom is -0.453 e. The van der Waals surface area contributed by atoms with Crippen LogP contribution >= 0.6 is 31.9 Å². The summed E-state index contributed by atoms with van der Waals surface area (Å²) in [6.07, 6.45) is 1.24. The van der Waals surface area contributed by atoms with Gasteiger partial charge in [-0.2, -0.15) is 0 Å². The third kappa shape index (κ3) is 2.00. The average molecular weight is 309 g/mol. The Morgan fingerprint density at radius 2 is 2.38 bits per heavy atom. The van der Waals surface area contributed by atoms with E-state index in [1.165, 1.54) is 6.42 Å². The summed E-state index contributed by atoms with van der Waals surface area (Å²) in [5, 5.41) is 3.19. The van der Waals surface area contributed by atoms with Crippen LogP contribution in [0.2, 0.25) is 0 Å². The molecule has 1 fully saturated rings. The minimum absolute atomic E-state index is 0.620. The fourth-order valence-electron chi connectivity index (χ4n) is 1.63. The van der Waals surface area contributed by atoms with Gasteiger partial charge in [0.15, 0.2) is 4.67 Å². The van der Waals surface area contributed by atoms with E-state index in [1.807, 2.05) is 7.05 Å². The molecule has 1 aromatic heterocycles. The average Bonchev–Trinajstić information content (AvgIpc) is 2.76. The Morgan fingerprint density at radius 3 is 2.92 bits per heavy atom. The summed E-state index contributed by atoms with van der Waals surface area (Å²) in [7, 11) is 1.99. The monoisotopic (exact) mass is 307 g/mol. The van der Waals surface area contributed by atoms with Crippen molar-refractivity contribution in [1.82, 2.24) is 5.32 Å². The van der Waals surface area contributed by atoms with Gasteiger partial charge in [-0.1, -0.05) is 0 Å². The second kappa shape index (κ2) is 3.75. The molecule has 0 amide bonds. The highest BCUT2D eigenvalue weighted by molar-refractivity contribution is 9.13. The van der Waals surface area contributed by atoms with E-state index in [1.54, 1.807) is 0 Å². The summed E-state index contributed by atoms with van der Waals surface area (Å²) in [4.78, 5) is 0. The Labute approximate surface area is 94.3 Å². The molecule has 0 saturated heterocycles. The van der Waals surface area contributed by atoms with Crippen molar-refractivity contribution in [2.75, 3.05) is 13.6 Å². The minimum atomic E-state index is 0.620. The van der Waals surface area contributed by atoms with Gasteiger partial charge in [0.2, 0.25) is 0 Å². The van der Waals surface area contributed by atoms with Crippen LogP contribution in [0.25, 0.3) is 0 Å². The van der Waals surface area contributed by atoms with Gasteiger partial charge in [0.1, 0.15) is 5.76 Å². The third-order valence-corrected chi connectivity index (χ3v) is 4.13. The zero-order valence-corrected chi connectivity index (χ0v) is 10.5. The van der Waals surface area contributed by atoms with Gasteiger partial charge >= 0.3 is 0 Å². The normalized spacial score (nSPS) is 26.4. The SMILES string of the molecule is CNCC1CC1c1cc(Br)c(Br)o1. The van der Waals surface area contributed by atoms with Crippen LogP contribution in [0.15, 0.2) is 19.6 Å². The molecule has 2 rings (SSSR count). The van der Waals surface area contributed by atoms with Crippen molar-refractivity contribution in [2.45, 2.75) is 12.3 Å². The van der Waals surface area contributed by atoms with E-state index in [0.29, 0.717) is 5.92 Å². The van der Waals surface area contributed by atoms with Gasteiger partial charge in [-0.05, 0) is 63.9 Å². The number of hydrogen-bond acceptors (Lipinski definition) is 2. The molecule has 1 aromatic rings. The van der Waals surface area contributed by atoms with E-state index in [2.05, 4.69) is 43.2 Å². The molecule has 2 unspecified atom stereocenters. The van der Waals surface area contributed by atoms with Crippen LogP contribution in [0.5, 0.6) is 0 Å². The quantitative estimate of drug-likeness (QED) is 0.928. The first-order valence-electron chi connectivity index (χ1n) is 4.31. The molecule has 1 N–H and O–H groups in total. The summed E-state index contributed by atoms with van der Waals surface area (Å²) in [6, 6.07) is 2.06. The van der Waals surface area contributed by atoms with Gasteiger partial charge < -0.3 is 9.73 Å². The van der Waals surface area contributed by atoms with Crippen LogP contribution in [0.4, 0.5) is 0 Å². The van der Waals surface area contributed by atoms with Crippen LogP contribution in [0, 0.1) is 5.92 Å². The van der Waals surface area contributed by atoms with Crippen LogP contribution in [0.3, 0.4) is 0 Å². The number of hydrogen-bond donors (Lipinski definition) is 1. The molecule has 0 aliphatic heterocycles. The molecule has 1 saturated carbocycles. The van der Waals surface area contributed by atoms with Gasteiger partial charge in [0.25, 0.3) is 0 Å². The Morgan fingerprint density at radius 1 is 1.62 bits per heavy atom. The fraction of sp³-hybridized carbons (Fsp3) is 0.556. The van der Waals surface area contributed by atoms with E-state index < -0.39 is 0 Å². The molecule has 0 radical (unpaired) electrons. The molecule has 0 bridgehead atoms. The van der Waals surface area contributed by atoms with E-state index in [0.717, 1.165) is 27.4 Å². The largest absolute Gasteiger partial charge is 0.453 e. The lowest BCUT2D eigenvalue weighted by Crippen LogP contribution is -2.09. The van der Waals surface area contributed by atoms with Crippen molar-refractivity contribution in [2.24, 2.45) is 5.92 Å². The van der Waals surface area contributed by atoms with Crippen LogP contribution in [0.1, 0.15) is 18.1 Å². The van der Waals surface area contributed by atoms with Gasteiger partial charge in [-0.25, -0.2) is 0 Å². The maximum Gasteiger partial charge on any atom is 0.183 e. The van der Waals surface area contributed by atoms with Gasteiger partial charge in [-0.3, -0.25) is 0 Å². The Hall–Kier alpha value is 0.200. The molecule has 0 aromatic carbocycles. The van der Waals surface area contributed by atoms with Crippen molar-refractivity contribution in [3.8, 4) is 0 Å². The summed E-state index contributed by atoms with van der Waals surface area (Å²) in [5.41, 5.74) is 0. The Kier molecular flexibility index (Phi) is 2.81. The van der Waals surface area contributed by atoms with Gasteiger partial charge in [0, 0.05) is 5.92 Å². The molecule has 1 heterocycles. The van der Waals surface area contributed by atoms with Crippen molar-refractivity contribution >= 4 is 31.9 Å². The summed E-state index contributed by atoms with van der Waals surface area (Å²) >= 11 is 6.76. The van der Waals surface area contributed by atoms with Crippen LogP contribution in [-0.4, -0.2) is 13.6 Å². The van der Waals surface area contributed by atoms with Crippen molar-refractivity contribution in [3.05, 3.63) is 21.0 Å². The first-order valence-corrected chi connectivity index (χ1v) is 5.90. The molecular weight excluding hydrogens is 298 g/mol. The lowest BCUT2D eigenvalue weighted by atomic mass is 10.2. The van der Waals surface area contributed by atoms with Crippen molar-refractivity contribution < 1.29 is 4.42 Å². The Balaban J connectivity index is 2.03. The number of furan rings is 1. The smallest absolute Gasteiger partial charge is 0.183 e. The second-order valence-corrected chi connectivity index (χ2v) is 5.00. The molecule has 4 heteroatoms. The summed E-state index contributed by atoms with van der Waals surface area (Å²) in [5.74, 6) is 2.48. The van der Waals surface area contributed by atoms with Crippen molar-refractivity contribution in [3.63, 3.8) is 0 Å². The van der Waals surface area contributed by atoms with Gasteiger partial charge in [-0.15, -0.1) is 0 Å². The van der Waals surface area contributed by atoms with E-state index in [4.69, 9.17) is 4.42 Å². The highest BCUT2D eigenvalue weighted by Crippen LogP contribution is 2.49.